The van der Waals surface area contributed by atoms with E-state index >= 15 is 0 Å². The van der Waals surface area contributed by atoms with Crippen molar-refractivity contribution in [2.75, 3.05) is 32.8 Å². The van der Waals surface area contributed by atoms with Gasteiger partial charge in [-0.25, -0.2) is 9.67 Å². The monoisotopic (exact) mass is 453 g/mol. The first kappa shape index (κ1) is 21.5. The van der Waals surface area contributed by atoms with Crippen molar-refractivity contribution >= 4 is 22.9 Å². The maximum absolute atomic E-state index is 12.6. The number of carboxylic acids is 1. The number of nitrogens with one attached hydrogen (secondary N) is 1. The highest BCUT2D eigenvalue weighted by atomic mass is 16.5. The summed E-state index contributed by atoms with van der Waals surface area (Å²) in [6.07, 6.45) is 4.94. The van der Waals surface area contributed by atoms with Gasteiger partial charge in [0.05, 0.1) is 53.6 Å². The highest BCUT2D eigenvalue weighted by Crippen LogP contribution is 2.23. The minimum absolute atomic E-state index is 0.108. The number of hydrogen-bond acceptors (Lipinski definition) is 7. The van der Waals surface area contributed by atoms with E-state index in [-0.39, 0.29) is 18.6 Å². The molecule has 33 heavy (non-hydrogen) atoms. The van der Waals surface area contributed by atoms with Gasteiger partial charge in [0.15, 0.2) is 0 Å². The molecule has 2 aliphatic rings. The van der Waals surface area contributed by atoms with Gasteiger partial charge < -0.3 is 19.7 Å². The number of carbonyl (C=O) groups excluding carboxylic acids is 1. The van der Waals surface area contributed by atoms with E-state index < -0.39 is 11.9 Å². The third kappa shape index (κ3) is 4.88. The van der Waals surface area contributed by atoms with Crippen molar-refractivity contribution in [3.05, 3.63) is 36.4 Å². The van der Waals surface area contributed by atoms with Gasteiger partial charge in [-0.3, -0.25) is 14.5 Å². The van der Waals surface area contributed by atoms with Gasteiger partial charge in [-0.1, -0.05) is 5.21 Å². The number of rotatable bonds is 7. The van der Waals surface area contributed by atoms with Crippen LogP contribution in [0.3, 0.4) is 0 Å². The predicted octanol–water partition coefficient (Wildman–Crippen LogP) is 1.06. The van der Waals surface area contributed by atoms with Crippen LogP contribution in [0.4, 0.5) is 0 Å². The highest BCUT2D eigenvalue weighted by Gasteiger charge is 2.31. The van der Waals surface area contributed by atoms with Crippen LogP contribution in [-0.2, 0) is 20.9 Å². The molecule has 4 heterocycles. The fraction of sp³-hybridized carbons (Fsp3) is 0.500. The number of carbonyl (C=O) groups is 2. The van der Waals surface area contributed by atoms with Gasteiger partial charge in [0, 0.05) is 39.1 Å². The lowest BCUT2D eigenvalue weighted by molar-refractivity contribution is -0.141. The molecule has 3 aromatic rings. The molecular formula is C22H27N7O4. The molecule has 2 aliphatic heterocycles. The lowest BCUT2D eigenvalue weighted by Gasteiger charge is -2.34. The van der Waals surface area contributed by atoms with E-state index in [4.69, 9.17) is 9.84 Å². The molecule has 2 aromatic heterocycles. The highest BCUT2D eigenvalue weighted by molar-refractivity contribution is 5.77. The van der Waals surface area contributed by atoms with Crippen LogP contribution in [0, 0.1) is 5.92 Å². The normalized spacial score (nSPS) is 21.6. The van der Waals surface area contributed by atoms with Crippen LogP contribution in [0.1, 0.15) is 25.0 Å². The van der Waals surface area contributed by atoms with E-state index in [1.54, 1.807) is 11.0 Å². The third-order valence-electron chi connectivity index (χ3n) is 6.43. The molecule has 0 bridgehead atoms. The predicted molar refractivity (Wildman–Crippen MR) is 118 cm³/mol. The molecule has 1 aromatic carbocycles. The number of benzene rings is 1. The summed E-state index contributed by atoms with van der Waals surface area (Å²) in [6.45, 7) is 3.83. The van der Waals surface area contributed by atoms with Crippen molar-refractivity contribution in [2.45, 2.75) is 31.9 Å². The third-order valence-corrected chi connectivity index (χ3v) is 6.43. The molecule has 0 spiro atoms. The average molecular weight is 454 g/mol. The Morgan fingerprint density at radius 1 is 1.21 bits per heavy atom. The summed E-state index contributed by atoms with van der Waals surface area (Å²) in [5, 5.41) is 17.6. The van der Waals surface area contributed by atoms with Gasteiger partial charge in [0.1, 0.15) is 0 Å². The number of aromatic amines is 1. The first-order valence-electron chi connectivity index (χ1n) is 11.2. The second kappa shape index (κ2) is 9.28. The van der Waals surface area contributed by atoms with E-state index in [1.807, 2.05) is 29.3 Å². The van der Waals surface area contributed by atoms with Crippen molar-refractivity contribution in [3.8, 4) is 5.69 Å². The zero-order chi connectivity index (χ0) is 22.8. The Labute approximate surface area is 190 Å². The summed E-state index contributed by atoms with van der Waals surface area (Å²) in [5.74, 6) is -1.16. The van der Waals surface area contributed by atoms with Crippen molar-refractivity contribution in [1.29, 1.82) is 0 Å². The minimum Gasteiger partial charge on any atom is -0.481 e. The van der Waals surface area contributed by atoms with Gasteiger partial charge in [-0.15, -0.1) is 5.10 Å². The molecular weight excluding hydrogens is 426 g/mol. The quantitative estimate of drug-likeness (QED) is 0.543. The average Bonchev–Trinajstić information content (AvgIpc) is 3.58. The van der Waals surface area contributed by atoms with Crippen LogP contribution in [-0.4, -0.2) is 90.6 Å². The van der Waals surface area contributed by atoms with Crippen molar-refractivity contribution in [2.24, 2.45) is 5.92 Å². The summed E-state index contributed by atoms with van der Waals surface area (Å²) in [5.41, 5.74) is 3.66. The Balaban J connectivity index is 1.08. The summed E-state index contributed by atoms with van der Waals surface area (Å²) in [4.78, 5) is 35.1. The Bertz CT molecular complexity index is 1130. The molecule has 1 amide bonds. The number of H-pyrrole nitrogens is 1. The molecule has 0 aliphatic carbocycles. The van der Waals surface area contributed by atoms with Crippen LogP contribution in [0.15, 0.2) is 30.7 Å². The molecule has 11 nitrogen and oxygen atoms in total. The Kier molecular flexibility index (Phi) is 6.05. The zero-order valence-corrected chi connectivity index (χ0v) is 18.3. The molecule has 2 saturated heterocycles. The van der Waals surface area contributed by atoms with Gasteiger partial charge in [0.25, 0.3) is 0 Å². The van der Waals surface area contributed by atoms with Gasteiger partial charge >= 0.3 is 5.97 Å². The van der Waals surface area contributed by atoms with E-state index in [1.165, 1.54) is 0 Å². The lowest BCUT2D eigenvalue weighted by atomic mass is 10.0. The molecule has 5 rings (SSSR count). The smallest absolute Gasteiger partial charge is 0.308 e. The maximum Gasteiger partial charge on any atom is 0.308 e. The van der Waals surface area contributed by atoms with Crippen LogP contribution in [0.25, 0.3) is 16.7 Å². The summed E-state index contributed by atoms with van der Waals surface area (Å²) in [6, 6.07) is 5.90. The number of nitrogens with zero attached hydrogens (tertiary/aromatic N) is 6. The summed E-state index contributed by atoms with van der Waals surface area (Å²) < 4.78 is 7.28. The number of piperazine rings is 1. The van der Waals surface area contributed by atoms with Crippen molar-refractivity contribution < 1.29 is 19.4 Å². The van der Waals surface area contributed by atoms with Crippen LogP contribution >= 0.6 is 0 Å². The molecule has 11 heteroatoms. The van der Waals surface area contributed by atoms with E-state index in [0.717, 1.165) is 35.5 Å². The second-order valence-electron chi connectivity index (χ2n) is 8.68. The Morgan fingerprint density at radius 2 is 2.06 bits per heavy atom. The SMILES string of the molecule is O=C(O)[C@@H]1CO[C@H](CCC(=O)N2CCN(Cc3cn(-c4ccc5nc[nH]c5c4)nn3)CC2)C1. The van der Waals surface area contributed by atoms with Gasteiger partial charge in [-0.05, 0) is 31.0 Å². The fourth-order valence-corrected chi connectivity index (χ4v) is 4.47. The number of ether oxygens (including phenoxy) is 1. The van der Waals surface area contributed by atoms with Gasteiger partial charge in [0.2, 0.25) is 5.91 Å². The van der Waals surface area contributed by atoms with Crippen LogP contribution < -0.4 is 0 Å². The largest absolute Gasteiger partial charge is 0.481 e. The molecule has 2 atom stereocenters. The number of amides is 1. The number of hydrogen-bond donors (Lipinski definition) is 2. The van der Waals surface area contributed by atoms with Crippen LogP contribution in [0.2, 0.25) is 0 Å². The Hall–Kier alpha value is -3.31. The first-order chi connectivity index (χ1) is 16.0. The molecule has 174 valence electrons. The summed E-state index contributed by atoms with van der Waals surface area (Å²) in [7, 11) is 0. The number of carboxylic acid groups (broad SMARTS) is 1. The molecule has 2 fully saturated rings. The number of aliphatic carboxylic acids is 1. The molecule has 0 radical (unpaired) electrons. The van der Waals surface area contributed by atoms with E-state index in [9.17, 15) is 9.59 Å². The topological polar surface area (TPSA) is 129 Å². The van der Waals surface area contributed by atoms with E-state index in [0.29, 0.717) is 38.9 Å². The number of aromatic nitrogens is 5. The zero-order valence-electron chi connectivity index (χ0n) is 18.3. The lowest BCUT2D eigenvalue weighted by Crippen LogP contribution is -2.48. The van der Waals surface area contributed by atoms with E-state index in [2.05, 4.69) is 25.2 Å². The Morgan fingerprint density at radius 3 is 2.85 bits per heavy atom. The fourth-order valence-electron chi connectivity index (χ4n) is 4.47. The first-order valence-corrected chi connectivity index (χ1v) is 11.2. The maximum atomic E-state index is 12.6. The second-order valence-corrected chi connectivity index (χ2v) is 8.68. The standard InChI is InChI=1S/C22H27N7O4/c30-21(4-2-18-9-15(13-33-18)22(31)32)28-7-5-27(6-8-28)11-16-12-29(26-25-16)17-1-3-19-20(10-17)24-14-23-19/h1,3,10,12,14-15,18H,2,4-9,11,13H2,(H,23,24)(H,31,32)/t15-,18+/m0/s1. The minimum atomic E-state index is -0.820. The van der Waals surface area contributed by atoms with Crippen LogP contribution in [0.5, 0.6) is 0 Å². The van der Waals surface area contributed by atoms with Crippen molar-refractivity contribution in [1.82, 2.24) is 34.8 Å². The molecule has 0 saturated carbocycles. The number of fused-ring (bicyclic) bond motifs is 1. The van der Waals surface area contributed by atoms with Gasteiger partial charge in [-0.2, -0.15) is 0 Å². The number of imidazole rings is 1. The summed E-state index contributed by atoms with van der Waals surface area (Å²) >= 11 is 0. The van der Waals surface area contributed by atoms with Crippen molar-refractivity contribution in [3.63, 3.8) is 0 Å². The molecule has 0 unspecified atom stereocenters. The molecule has 2 N–H and O–H groups in total.